The van der Waals surface area contributed by atoms with Crippen molar-refractivity contribution in [1.82, 2.24) is 5.32 Å². The summed E-state index contributed by atoms with van der Waals surface area (Å²) in [5, 5.41) is 2.87. The SMILES string of the molecule is Cc1ccc(C(=O)CCC(=O)NCCCOC2CCCCC2)cc1. The number of Topliss-reactive ketones (excluding diaryl/α,β-unsaturated/α-hetero) is 1. The second-order valence-electron chi connectivity index (χ2n) is 6.62. The second kappa shape index (κ2) is 10.2. The first-order valence-corrected chi connectivity index (χ1v) is 9.13. The zero-order valence-electron chi connectivity index (χ0n) is 14.7. The van der Waals surface area contributed by atoms with Crippen LogP contribution in [0.3, 0.4) is 0 Å². The lowest BCUT2D eigenvalue weighted by Crippen LogP contribution is -2.26. The van der Waals surface area contributed by atoms with Crippen molar-refractivity contribution in [2.24, 2.45) is 0 Å². The molecule has 24 heavy (non-hydrogen) atoms. The molecule has 0 heterocycles. The molecule has 0 unspecified atom stereocenters. The molecule has 0 aliphatic heterocycles. The van der Waals surface area contributed by atoms with E-state index in [1.165, 1.54) is 32.1 Å². The van der Waals surface area contributed by atoms with Crippen LogP contribution in [0.2, 0.25) is 0 Å². The topological polar surface area (TPSA) is 55.4 Å². The normalized spacial score (nSPS) is 15.2. The fourth-order valence-electron chi connectivity index (χ4n) is 2.98. The van der Waals surface area contributed by atoms with Crippen LogP contribution in [0.4, 0.5) is 0 Å². The Morgan fingerprint density at radius 1 is 1.08 bits per heavy atom. The number of ether oxygens (including phenoxy) is 1. The Morgan fingerprint density at radius 3 is 2.50 bits per heavy atom. The number of hydrogen-bond acceptors (Lipinski definition) is 3. The van der Waals surface area contributed by atoms with Crippen LogP contribution in [0.5, 0.6) is 0 Å². The summed E-state index contributed by atoms with van der Waals surface area (Å²) < 4.78 is 5.82. The molecule has 0 spiro atoms. The summed E-state index contributed by atoms with van der Waals surface area (Å²) in [6.07, 6.45) is 7.98. The maximum Gasteiger partial charge on any atom is 0.220 e. The maximum absolute atomic E-state index is 12.0. The van der Waals surface area contributed by atoms with Crippen molar-refractivity contribution in [3.63, 3.8) is 0 Å². The van der Waals surface area contributed by atoms with Gasteiger partial charge in [-0.05, 0) is 26.2 Å². The molecule has 4 nitrogen and oxygen atoms in total. The van der Waals surface area contributed by atoms with E-state index in [-0.39, 0.29) is 24.5 Å². The molecule has 1 saturated carbocycles. The summed E-state index contributed by atoms with van der Waals surface area (Å²) in [5.74, 6) is -0.0427. The van der Waals surface area contributed by atoms with E-state index in [1.807, 2.05) is 31.2 Å². The molecule has 0 bridgehead atoms. The molecule has 0 radical (unpaired) electrons. The largest absolute Gasteiger partial charge is 0.378 e. The van der Waals surface area contributed by atoms with Crippen molar-refractivity contribution in [3.05, 3.63) is 35.4 Å². The van der Waals surface area contributed by atoms with Gasteiger partial charge >= 0.3 is 0 Å². The van der Waals surface area contributed by atoms with E-state index in [4.69, 9.17) is 4.74 Å². The van der Waals surface area contributed by atoms with Crippen LogP contribution in [0.25, 0.3) is 0 Å². The Hall–Kier alpha value is -1.68. The van der Waals surface area contributed by atoms with Gasteiger partial charge in [-0.15, -0.1) is 0 Å². The maximum atomic E-state index is 12.0. The van der Waals surface area contributed by atoms with Gasteiger partial charge < -0.3 is 10.1 Å². The van der Waals surface area contributed by atoms with Gasteiger partial charge in [0.05, 0.1) is 6.10 Å². The highest BCUT2D eigenvalue weighted by Gasteiger charge is 2.13. The smallest absolute Gasteiger partial charge is 0.220 e. The lowest BCUT2D eigenvalue weighted by atomic mass is 9.98. The van der Waals surface area contributed by atoms with Crippen molar-refractivity contribution in [1.29, 1.82) is 0 Å². The van der Waals surface area contributed by atoms with Crippen LogP contribution in [-0.2, 0) is 9.53 Å². The van der Waals surface area contributed by atoms with Gasteiger partial charge in [0, 0.05) is 31.6 Å². The zero-order valence-corrected chi connectivity index (χ0v) is 14.7. The third kappa shape index (κ3) is 6.83. The van der Waals surface area contributed by atoms with Crippen molar-refractivity contribution >= 4 is 11.7 Å². The van der Waals surface area contributed by atoms with Crippen molar-refractivity contribution in [2.75, 3.05) is 13.2 Å². The molecular formula is C20H29NO3. The minimum absolute atomic E-state index is 0.0192. The Balaban J connectivity index is 1.53. The first-order valence-electron chi connectivity index (χ1n) is 9.13. The van der Waals surface area contributed by atoms with Crippen molar-refractivity contribution in [3.8, 4) is 0 Å². The van der Waals surface area contributed by atoms with Gasteiger partial charge in [-0.25, -0.2) is 0 Å². The molecule has 0 aromatic heterocycles. The van der Waals surface area contributed by atoms with Gasteiger partial charge in [-0.2, -0.15) is 0 Å². The van der Waals surface area contributed by atoms with Crippen molar-refractivity contribution in [2.45, 2.75) is 64.4 Å². The number of benzene rings is 1. The Labute approximate surface area is 145 Å². The Morgan fingerprint density at radius 2 is 1.79 bits per heavy atom. The summed E-state index contributed by atoms with van der Waals surface area (Å²) in [4.78, 5) is 23.8. The molecule has 1 N–H and O–H groups in total. The molecule has 0 saturated heterocycles. The fourth-order valence-corrected chi connectivity index (χ4v) is 2.98. The van der Waals surface area contributed by atoms with E-state index in [0.717, 1.165) is 12.0 Å². The van der Waals surface area contributed by atoms with Gasteiger partial charge in [-0.3, -0.25) is 9.59 Å². The van der Waals surface area contributed by atoms with Crippen molar-refractivity contribution < 1.29 is 14.3 Å². The number of hydrogen-bond donors (Lipinski definition) is 1. The molecule has 2 rings (SSSR count). The van der Waals surface area contributed by atoms with Crippen LogP contribution in [-0.4, -0.2) is 30.9 Å². The third-order valence-electron chi connectivity index (χ3n) is 4.50. The van der Waals surface area contributed by atoms with E-state index < -0.39 is 0 Å². The summed E-state index contributed by atoms with van der Waals surface area (Å²) in [7, 11) is 0. The van der Waals surface area contributed by atoms with Crippen LogP contribution in [0, 0.1) is 6.92 Å². The Bertz CT molecular complexity index is 518. The molecule has 1 aliphatic carbocycles. The predicted octanol–water partition coefficient (Wildman–Crippen LogP) is 3.81. The van der Waals surface area contributed by atoms with Crippen LogP contribution < -0.4 is 5.32 Å². The Kier molecular flexibility index (Phi) is 7.96. The molecule has 1 fully saturated rings. The predicted molar refractivity (Wildman–Crippen MR) is 95.2 cm³/mol. The third-order valence-corrected chi connectivity index (χ3v) is 4.50. The van der Waals surface area contributed by atoms with Crippen LogP contribution >= 0.6 is 0 Å². The number of ketones is 1. The number of amides is 1. The van der Waals surface area contributed by atoms with Crippen LogP contribution in [0.15, 0.2) is 24.3 Å². The van der Waals surface area contributed by atoms with Gasteiger partial charge in [0.1, 0.15) is 0 Å². The molecule has 0 atom stereocenters. The minimum Gasteiger partial charge on any atom is -0.378 e. The highest BCUT2D eigenvalue weighted by atomic mass is 16.5. The highest BCUT2D eigenvalue weighted by molar-refractivity contribution is 5.97. The van der Waals surface area contributed by atoms with E-state index in [0.29, 0.717) is 24.8 Å². The molecule has 1 aromatic rings. The molecule has 132 valence electrons. The van der Waals surface area contributed by atoms with E-state index in [1.54, 1.807) is 0 Å². The van der Waals surface area contributed by atoms with E-state index in [9.17, 15) is 9.59 Å². The number of carbonyl (C=O) groups excluding carboxylic acids is 2. The summed E-state index contributed by atoms with van der Waals surface area (Å²) in [6, 6.07) is 7.47. The summed E-state index contributed by atoms with van der Waals surface area (Å²) >= 11 is 0. The van der Waals surface area contributed by atoms with Crippen LogP contribution in [0.1, 0.15) is 67.3 Å². The quantitative estimate of drug-likeness (QED) is 0.553. The lowest BCUT2D eigenvalue weighted by molar-refractivity contribution is -0.121. The fraction of sp³-hybridized carbons (Fsp3) is 0.600. The first kappa shape index (κ1) is 18.7. The average Bonchev–Trinajstić information content (AvgIpc) is 2.61. The van der Waals surface area contributed by atoms with E-state index in [2.05, 4.69) is 5.32 Å². The molecule has 1 aliphatic rings. The molecular weight excluding hydrogens is 302 g/mol. The van der Waals surface area contributed by atoms with Gasteiger partial charge in [0.15, 0.2) is 5.78 Å². The lowest BCUT2D eigenvalue weighted by Gasteiger charge is -2.21. The highest BCUT2D eigenvalue weighted by Crippen LogP contribution is 2.20. The first-order chi connectivity index (χ1) is 11.6. The monoisotopic (exact) mass is 331 g/mol. The van der Waals surface area contributed by atoms with Gasteiger partial charge in [0.25, 0.3) is 0 Å². The number of aryl methyl sites for hydroxylation is 1. The van der Waals surface area contributed by atoms with Gasteiger partial charge in [-0.1, -0.05) is 49.1 Å². The zero-order chi connectivity index (χ0) is 17.2. The molecule has 4 heteroatoms. The summed E-state index contributed by atoms with van der Waals surface area (Å²) in [6.45, 7) is 3.30. The minimum atomic E-state index is -0.0619. The standard InChI is InChI=1S/C20H29NO3/c1-16-8-10-17(11-9-16)19(22)12-13-20(23)21-14-5-15-24-18-6-3-2-4-7-18/h8-11,18H,2-7,12-15H2,1H3,(H,21,23). The number of rotatable bonds is 9. The average molecular weight is 331 g/mol. The molecule has 1 aromatic carbocycles. The second-order valence-corrected chi connectivity index (χ2v) is 6.62. The summed E-state index contributed by atoms with van der Waals surface area (Å²) in [5.41, 5.74) is 1.80. The van der Waals surface area contributed by atoms with E-state index >= 15 is 0 Å². The molecule has 1 amide bonds. The number of carbonyl (C=O) groups is 2. The van der Waals surface area contributed by atoms with Gasteiger partial charge in [0.2, 0.25) is 5.91 Å². The number of nitrogens with one attached hydrogen (secondary N) is 1.